The average Bonchev–Trinajstić information content (AvgIpc) is 3.38. The van der Waals surface area contributed by atoms with E-state index in [1.54, 1.807) is 7.11 Å². The van der Waals surface area contributed by atoms with Crippen LogP contribution in [-0.2, 0) is 29.3 Å². The molecule has 154 valence electrons. The number of methoxy groups -OCH3 is 1. The molecule has 0 spiro atoms. The van der Waals surface area contributed by atoms with Crippen molar-refractivity contribution in [2.75, 3.05) is 12.4 Å². The molecule has 0 radical (unpaired) electrons. The zero-order valence-electron chi connectivity index (χ0n) is 16.6. The van der Waals surface area contributed by atoms with Crippen LogP contribution < -0.4 is 10.1 Å². The molecule has 0 aliphatic rings. The molecule has 4 aromatic rings. The highest BCUT2D eigenvalue weighted by molar-refractivity contribution is 7.15. The Morgan fingerprint density at radius 1 is 1.10 bits per heavy atom. The number of amides is 1. The van der Waals surface area contributed by atoms with Gasteiger partial charge in [0.25, 0.3) is 0 Å². The van der Waals surface area contributed by atoms with E-state index in [1.165, 1.54) is 11.3 Å². The van der Waals surface area contributed by atoms with Crippen molar-refractivity contribution in [2.24, 2.45) is 0 Å². The molecular formula is C22H22N4O3S. The van der Waals surface area contributed by atoms with Gasteiger partial charge < -0.3 is 19.4 Å². The van der Waals surface area contributed by atoms with Gasteiger partial charge in [-0.2, -0.15) is 0 Å². The summed E-state index contributed by atoms with van der Waals surface area (Å²) in [5.41, 5.74) is 2.19. The third-order valence-electron chi connectivity index (χ3n) is 4.55. The maximum absolute atomic E-state index is 12.2. The minimum atomic E-state index is -0.0974. The molecule has 4 rings (SSSR count). The van der Waals surface area contributed by atoms with Gasteiger partial charge in [-0.1, -0.05) is 41.7 Å². The Morgan fingerprint density at radius 2 is 1.97 bits per heavy atom. The third-order valence-corrected chi connectivity index (χ3v) is 5.36. The largest absolute Gasteiger partial charge is 0.489 e. The highest BCUT2D eigenvalue weighted by atomic mass is 32.1. The van der Waals surface area contributed by atoms with Gasteiger partial charge in [0.15, 0.2) is 0 Å². The Morgan fingerprint density at radius 3 is 2.80 bits per heavy atom. The van der Waals surface area contributed by atoms with Gasteiger partial charge in [-0.3, -0.25) is 4.79 Å². The van der Waals surface area contributed by atoms with Crippen molar-refractivity contribution in [1.29, 1.82) is 0 Å². The van der Waals surface area contributed by atoms with Crippen LogP contribution in [0.1, 0.15) is 17.0 Å². The van der Waals surface area contributed by atoms with Crippen LogP contribution in [0.15, 0.2) is 60.8 Å². The summed E-state index contributed by atoms with van der Waals surface area (Å²) in [6.45, 7) is 1.49. The highest BCUT2D eigenvalue weighted by Gasteiger charge is 2.10. The van der Waals surface area contributed by atoms with E-state index in [0.717, 1.165) is 27.2 Å². The maximum Gasteiger partial charge on any atom is 0.227 e. The number of ether oxygens (including phenoxy) is 2. The fourth-order valence-corrected chi connectivity index (χ4v) is 3.82. The molecule has 1 N–H and O–H groups in total. The molecule has 1 amide bonds. The lowest BCUT2D eigenvalue weighted by Crippen LogP contribution is -2.14. The second-order valence-corrected chi connectivity index (χ2v) is 7.80. The average molecular weight is 423 g/mol. The second-order valence-electron chi connectivity index (χ2n) is 6.74. The molecule has 0 unspecified atom stereocenters. The molecule has 2 heterocycles. The van der Waals surface area contributed by atoms with Crippen molar-refractivity contribution < 1.29 is 14.3 Å². The molecular weight excluding hydrogens is 400 g/mol. The molecule has 0 atom stereocenters. The predicted octanol–water partition coefficient (Wildman–Crippen LogP) is 4.25. The van der Waals surface area contributed by atoms with Crippen molar-refractivity contribution in [2.45, 2.75) is 26.2 Å². The standard InChI is InChI=1S/C22H22N4O3S/c1-28-15-21-24-25-22(30-21)23-20(27)10-12-26-11-9-17-13-18(7-8-19(17)26)29-14-16-5-3-2-4-6-16/h2-9,11,13H,10,12,14-15H2,1H3,(H,23,25,27). The molecule has 0 fully saturated rings. The number of carbonyl (C=O) groups excluding carboxylic acids is 1. The Bertz CT molecular complexity index is 1120. The number of nitrogens with one attached hydrogen (secondary N) is 1. The lowest BCUT2D eigenvalue weighted by Gasteiger charge is -2.08. The first kappa shape index (κ1) is 20.1. The molecule has 8 heteroatoms. The molecule has 2 aromatic carbocycles. The van der Waals surface area contributed by atoms with Gasteiger partial charge in [0.1, 0.15) is 24.0 Å². The van der Waals surface area contributed by atoms with Gasteiger partial charge in [-0.25, -0.2) is 0 Å². The van der Waals surface area contributed by atoms with Gasteiger partial charge in [0, 0.05) is 37.2 Å². The summed E-state index contributed by atoms with van der Waals surface area (Å²) >= 11 is 1.32. The first-order chi connectivity index (χ1) is 14.7. The molecule has 0 saturated carbocycles. The molecule has 7 nitrogen and oxygen atoms in total. The minimum Gasteiger partial charge on any atom is -0.489 e. The zero-order chi connectivity index (χ0) is 20.8. The number of aryl methyl sites for hydroxylation is 1. The van der Waals surface area contributed by atoms with Crippen molar-refractivity contribution in [3.8, 4) is 5.75 Å². The number of carbonyl (C=O) groups is 1. The Balaban J connectivity index is 1.33. The second kappa shape index (κ2) is 9.51. The number of anilines is 1. The lowest BCUT2D eigenvalue weighted by atomic mass is 10.2. The SMILES string of the molecule is COCc1nnc(NC(=O)CCn2ccc3cc(OCc4ccccc4)ccc32)s1. The molecule has 30 heavy (non-hydrogen) atoms. The third kappa shape index (κ3) is 5.03. The van der Waals surface area contributed by atoms with E-state index in [0.29, 0.717) is 31.3 Å². The van der Waals surface area contributed by atoms with E-state index in [9.17, 15) is 4.79 Å². The predicted molar refractivity (Wildman–Crippen MR) is 117 cm³/mol. The topological polar surface area (TPSA) is 78.3 Å². The summed E-state index contributed by atoms with van der Waals surface area (Å²) in [5.74, 6) is 0.727. The van der Waals surface area contributed by atoms with Crippen LogP contribution in [0.5, 0.6) is 5.75 Å². The van der Waals surface area contributed by atoms with E-state index >= 15 is 0 Å². The van der Waals surface area contributed by atoms with Crippen molar-refractivity contribution in [3.05, 3.63) is 71.4 Å². The number of fused-ring (bicyclic) bond motifs is 1. The first-order valence-corrected chi connectivity index (χ1v) is 10.4. The van der Waals surface area contributed by atoms with E-state index in [2.05, 4.69) is 20.1 Å². The van der Waals surface area contributed by atoms with E-state index < -0.39 is 0 Å². The smallest absolute Gasteiger partial charge is 0.227 e. The molecule has 0 saturated heterocycles. The van der Waals surface area contributed by atoms with Crippen LogP contribution in [-0.4, -0.2) is 27.8 Å². The summed E-state index contributed by atoms with van der Waals surface area (Å²) in [6, 6.07) is 18.1. The summed E-state index contributed by atoms with van der Waals surface area (Å²) in [5, 5.41) is 13.0. The molecule has 0 aliphatic heterocycles. The van der Waals surface area contributed by atoms with Crippen LogP contribution in [0.2, 0.25) is 0 Å². The first-order valence-electron chi connectivity index (χ1n) is 9.58. The van der Waals surface area contributed by atoms with Crippen molar-refractivity contribution >= 4 is 33.3 Å². The van der Waals surface area contributed by atoms with Gasteiger partial charge in [-0.05, 0) is 29.8 Å². The van der Waals surface area contributed by atoms with Gasteiger partial charge in [-0.15, -0.1) is 10.2 Å². The quantitative estimate of drug-likeness (QED) is 0.436. The van der Waals surface area contributed by atoms with E-state index in [4.69, 9.17) is 9.47 Å². The zero-order valence-corrected chi connectivity index (χ0v) is 17.4. The number of nitrogens with zero attached hydrogens (tertiary/aromatic N) is 3. The number of rotatable bonds is 9. The number of hydrogen-bond donors (Lipinski definition) is 1. The normalized spacial score (nSPS) is 11.0. The number of benzene rings is 2. The summed E-state index contributed by atoms with van der Waals surface area (Å²) in [7, 11) is 1.60. The van der Waals surface area contributed by atoms with E-state index in [-0.39, 0.29) is 5.91 Å². The fraction of sp³-hybridized carbons (Fsp3) is 0.227. The van der Waals surface area contributed by atoms with Gasteiger partial charge in [0.2, 0.25) is 11.0 Å². The van der Waals surface area contributed by atoms with Crippen LogP contribution in [0, 0.1) is 0 Å². The maximum atomic E-state index is 12.2. The lowest BCUT2D eigenvalue weighted by molar-refractivity contribution is -0.116. The van der Waals surface area contributed by atoms with Crippen LogP contribution in [0.3, 0.4) is 0 Å². The Hall–Kier alpha value is -3.23. The Kier molecular flexibility index (Phi) is 6.36. The van der Waals surface area contributed by atoms with Gasteiger partial charge in [0.05, 0.1) is 0 Å². The number of hydrogen-bond acceptors (Lipinski definition) is 6. The summed E-state index contributed by atoms with van der Waals surface area (Å²) < 4.78 is 13.0. The molecule has 0 bridgehead atoms. The van der Waals surface area contributed by atoms with Gasteiger partial charge >= 0.3 is 0 Å². The molecule has 2 aromatic heterocycles. The summed E-state index contributed by atoms with van der Waals surface area (Å²) in [6.07, 6.45) is 2.33. The van der Waals surface area contributed by atoms with Crippen LogP contribution >= 0.6 is 11.3 Å². The van der Waals surface area contributed by atoms with Crippen LogP contribution in [0.25, 0.3) is 10.9 Å². The summed E-state index contributed by atoms with van der Waals surface area (Å²) in [4.78, 5) is 12.2. The van der Waals surface area contributed by atoms with Crippen molar-refractivity contribution in [3.63, 3.8) is 0 Å². The monoisotopic (exact) mass is 422 g/mol. The van der Waals surface area contributed by atoms with E-state index in [1.807, 2.05) is 60.8 Å². The van der Waals surface area contributed by atoms with Crippen molar-refractivity contribution in [1.82, 2.24) is 14.8 Å². The highest BCUT2D eigenvalue weighted by Crippen LogP contribution is 2.23. The van der Waals surface area contributed by atoms with Crippen LogP contribution in [0.4, 0.5) is 5.13 Å². The minimum absolute atomic E-state index is 0.0974. The fourth-order valence-electron chi connectivity index (χ4n) is 3.09. The number of aromatic nitrogens is 3. The Labute approximate surface area is 178 Å². The molecule has 0 aliphatic carbocycles.